The number of hydrogen-bond acceptors (Lipinski definition) is 3. The molecule has 0 aliphatic carbocycles. The molecule has 0 saturated carbocycles. The molecule has 1 aliphatic rings. The minimum absolute atomic E-state index is 0.107. The molecule has 0 spiro atoms. The lowest BCUT2D eigenvalue weighted by Crippen LogP contribution is -2.33. The lowest BCUT2D eigenvalue weighted by molar-refractivity contribution is -0.113. The van der Waals surface area contributed by atoms with Crippen molar-refractivity contribution in [1.82, 2.24) is 4.31 Å². The van der Waals surface area contributed by atoms with Crippen LogP contribution in [0.4, 0.5) is 0 Å². The van der Waals surface area contributed by atoms with E-state index in [9.17, 15) is 13.2 Å². The van der Waals surface area contributed by atoms with Crippen LogP contribution in [-0.4, -0.2) is 25.1 Å². The molecule has 5 heteroatoms. The number of carbonyl (C=O) groups is 1. The van der Waals surface area contributed by atoms with Gasteiger partial charge in [-0.25, -0.2) is 8.42 Å². The third-order valence-corrected chi connectivity index (χ3v) is 5.79. The number of carbonyl (C=O) groups excluding carboxylic acids is 1. The number of rotatable bonds is 4. The SMILES string of the molecule is CC(=O)C1=CCN(S(=O)(=O)c2ccccc2)C1c1ccccc1. The van der Waals surface area contributed by atoms with E-state index in [1.165, 1.54) is 11.2 Å². The summed E-state index contributed by atoms with van der Waals surface area (Å²) in [6.45, 7) is 1.67. The lowest BCUT2D eigenvalue weighted by atomic mass is 9.98. The predicted octanol–water partition coefficient (Wildman–Crippen LogP) is 2.95. The normalized spacial score (nSPS) is 18.7. The fraction of sp³-hybridized carbons (Fsp3) is 0.167. The molecule has 0 saturated heterocycles. The summed E-state index contributed by atoms with van der Waals surface area (Å²) in [5.41, 5.74) is 1.32. The Balaban J connectivity index is 2.08. The average molecular weight is 327 g/mol. The maximum Gasteiger partial charge on any atom is 0.244 e. The van der Waals surface area contributed by atoms with Gasteiger partial charge in [0.15, 0.2) is 5.78 Å². The Morgan fingerprint density at radius 2 is 1.57 bits per heavy atom. The Labute approximate surface area is 136 Å². The molecule has 2 aromatic carbocycles. The Morgan fingerprint density at radius 3 is 2.13 bits per heavy atom. The van der Waals surface area contributed by atoms with E-state index in [4.69, 9.17) is 0 Å². The van der Waals surface area contributed by atoms with Crippen LogP contribution in [0, 0.1) is 0 Å². The predicted molar refractivity (Wildman–Crippen MR) is 88.3 cm³/mol. The van der Waals surface area contributed by atoms with Gasteiger partial charge in [-0.3, -0.25) is 4.79 Å². The van der Waals surface area contributed by atoms with Gasteiger partial charge >= 0.3 is 0 Å². The van der Waals surface area contributed by atoms with E-state index < -0.39 is 16.1 Å². The van der Waals surface area contributed by atoms with Crippen molar-refractivity contribution >= 4 is 15.8 Å². The highest BCUT2D eigenvalue weighted by Gasteiger charge is 2.39. The smallest absolute Gasteiger partial charge is 0.244 e. The van der Waals surface area contributed by atoms with Crippen LogP contribution in [-0.2, 0) is 14.8 Å². The number of sulfonamides is 1. The zero-order chi connectivity index (χ0) is 16.4. The van der Waals surface area contributed by atoms with Crippen LogP contribution < -0.4 is 0 Å². The minimum atomic E-state index is -3.67. The van der Waals surface area contributed by atoms with Gasteiger partial charge in [-0.1, -0.05) is 54.6 Å². The van der Waals surface area contributed by atoms with Gasteiger partial charge in [-0.05, 0) is 24.6 Å². The molecule has 0 fully saturated rings. The van der Waals surface area contributed by atoms with Crippen LogP contribution in [0.5, 0.6) is 0 Å². The van der Waals surface area contributed by atoms with Gasteiger partial charge in [0, 0.05) is 12.1 Å². The molecule has 0 aromatic heterocycles. The standard InChI is InChI=1S/C18H17NO3S/c1-14(20)17-12-13-19(18(17)15-8-4-2-5-9-15)23(21,22)16-10-6-3-7-11-16/h2-12,18H,13H2,1H3. The lowest BCUT2D eigenvalue weighted by Gasteiger charge is -2.26. The quantitative estimate of drug-likeness (QED) is 0.867. The van der Waals surface area contributed by atoms with Crippen molar-refractivity contribution in [2.45, 2.75) is 17.9 Å². The summed E-state index contributed by atoms with van der Waals surface area (Å²) in [5, 5.41) is 0. The molecule has 0 N–H and O–H groups in total. The van der Waals surface area contributed by atoms with Crippen LogP contribution in [0.1, 0.15) is 18.5 Å². The second-order valence-electron chi connectivity index (χ2n) is 5.42. The first kappa shape index (κ1) is 15.6. The average Bonchev–Trinajstić information content (AvgIpc) is 3.02. The summed E-state index contributed by atoms with van der Waals surface area (Å²) in [7, 11) is -3.67. The summed E-state index contributed by atoms with van der Waals surface area (Å²) < 4.78 is 27.3. The topological polar surface area (TPSA) is 54.5 Å². The molecule has 1 heterocycles. The van der Waals surface area contributed by atoms with Crippen molar-refractivity contribution in [3.63, 3.8) is 0 Å². The Morgan fingerprint density at radius 1 is 1.00 bits per heavy atom. The first-order chi connectivity index (χ1) is 11.0. The molecular weight excluding hydrogens is 310 g/mol. The first-order valence-corrected chi connectivity index (χ1v) is 8.78. The third kappa shape index (κ3) is 2.85. The summed E-state index contributed by atoms with van der Waals surface area (Å²) in [6, 6.07) is 17.0. The number of benzene rings is 2. The molecule has 2 aromatic rings. The van der Waals surface area contributed by atoms with Crippen LogP contribution in [0.15, 0.2) is 77.2 Å². The Kier molecular flexibility index (Phi) is 4.15. The Bertz CT molecular complexity index is 842. The van der Waals surface area contributed by atoms with E-state index >= 15 is 0 Å². The molecule has 4 nitrogen and oxygen atoms in total. The second kappa shape index (κ2) is 6.10. The Hall–Kier alpha value is -2.24. The fourth-order valence-corrected chi connectivity index (χ4v) is 4.40. The van der Waals surface area contributed by atoms with E-state index in [0.717, 1.165) is 5.56 Å². The maximum atomic E-state index is 13.0. The molecule has 0 bridgehead atoms. The van der Waals surface area contributed by atoms with Gasteiger partial charge in [0.1, 0.15) is 0 Å². The van der Waals surface area contributed by atoms with Crippen molar-refractivity contribution in [3.8, 4) is 0 Å². The van der Waals surface area contributed by atoms with Gasteiger partial charge in [0.05, 0.1) is 10.9 Å². The van der Waals surface area contributed by atoms with E-state index in [1.807, 2.05) is 30.3 Å². The highest BCUT2D eigenvalue weighted by molar-refractivity contribution is 7.89. The van der Waals surface area contributed by atoms with E-state index in [2.05, 4.69) is 0 Å². The molecule has 23 heavy (non-hydrogen) atoms. The van der Waals surface area contributed by atoms with Gasteiger partial charge in [-0.15, -0.1) is 0 Å². The maximum absolute atomic E-state index is 13.0. The van der Waals surface area contributed by atoms with Crippen LogP contribution in [0.2, 0.25) is 0 Å². The van der Waals surface area contributed by atoms with Crippen molar-refractivity contribution < 1.29 is 13.2 Å². The number of hydrogen-bond donors (Lipinski definition) is 0. The zero-order valence-electron chi connectivity index (χ0n) is 12.7. The van der Waals surface area contributed by atoms with E-state index in [-0.39, 0.29) is 17.2 Å². The van der Waals surface area contributed by atoms with E-state index in [0.29, 0.717) is 5.57 Å². The van der Waals surface area contributed by atoms with Crippen molar-refractivity contribution in [1.29, 1.82) is 0 Å². The van der Waals surface area contributed by atoms with Gasteiger partial charge < -0.3 is 0 Å². The summed E-state index contributed by atoms with van der Waals surface area (Å²) in [4.78, 5) is 12.2. The molecule has 0 amide bonds. The second-order valence-corrected chi connectivity index (χ2v) is 7.31. The van der Waals surface area contributed by atoms with E-state index in [1.54, 1.807) is 36.4 Å². The van der Waals surface area contributed by atoms with Crippen molar-refractivity contribution in [3.05, 3.63) is 77.9 Å². The third-order valence-electron chi connectivity index (χ3n) is 3.95. The molecule has 1 atom stereocenters. The highest BCUT2D eigenvalue weighted by atomic mass is 32.2. The molecule has 118 valence electrons. The zero-order valence-corrected chi connectivity index (χ0v) is 13.5. The van der Waals surface area contributed by atoms with Crippen LogP contribution >= 0.6 is 0 Å². The van der Waals surface area contributed by atoms with Crippen LogP contribution in [0.3, 0.4) is 0 Å². The first-order valence-electron chi connectivity index (χ1n) is 7.34. The number of ketones is 1. The van der Waals surface area contributed by atoms with Gasteiger partial charge in [0.25, 0.3) is 0 Å². The monoisotopic (exact) mass is 327 g/mol. The molecule has 1 unspecified atom stereocenters. The fourth-order valence-electron chi connectivity index (χ4n) is 2.84. The van der Waals surface area contributed by atoms with Gasteiger partial charge in [0.2, 0.25) is 10.0 Å². The molecular formula is C18H17NO3S. The number of nitrogens with zero attached hydrogens (tertiary/aromatic N) is 1. The molecule has 3 rings (SSSR count). The summed E-state index contributed by atoms with van der Waals surface area (Å²) >= 11 is 0. The molecule has 1 aliphatic heterocycles. The summed E-state index contributed by atoms with van der Waals surface area (Å²) in [5.74, 6) is -0.107. The summed E-state index contributed by atoms with van der Waals surface area (Å²) in [6.07, 6.45) is 1.71. The van der Waals surface area contributed by atoms with Gasteiger partial charge in [-0.2, -0.15) is 4.31 Å². The van der Waals surface area contributed by atoms with Crippen LogP contribution in [0.25, 0.3) is 0 Å². The van der Waals surface area contributed by atoms with Crippen molar-refractivity contribution in [2.24, 2.45) is 0 Å². The minimum Gasteiger partial charge on any atom is -0.295 e. The highest BCUT2D eigenvalue weighted by Crippen LogP contribution is 2.37. The van der Waals surface area contributed by atoms with Crippen molar-refractivity contribution in [2.75, 3.05) is 6.54 Å². The molecule has 0 radical (unpaired) electrons. The number of Topliss-reactive ketones (excluding diaryl/α,β-unsaturated/α-hetero) is 1. The largest absolute Gasteiger partial charge is 0.295 e.